The Labute approximate surface area is 118 Å². The fraction of sp³-hybridized carbons (Fsp3) is 0.333. The number of carbonyl (C=O) groups excluding carboxylic acids is 1. The topological polar surface area (TPSA) is 53.3 Å². The van der Waals surface area contributed by atoms with E-state index in [2.05, 4.69) is 0 Å². The van der Waals surface area contributed by atoms with Gasteiger partial charge in [-0.2, -0.15) is 5.26 Å². The number of halogens is 1. The maximum absolute atomic E-state index is 14.3. The van der Waals surface area contributed by atoms with E-state index in [1.165, 1.54) is 12.1 Å². The highest BCUT2D eigenvalue weighted by molar-refractivity contribution is 5.93. The van der Waals surface area contributed by atoms with E-state index >= 15 is 0 Å². The zero-order valence-electron chi connectivity index (χ0n) is 12.0. The molecule has 0 radical (unpaired) electrons. The Morgan fingerprint density at radius 1 is 1.50 bits per heavy atom. The molecule has 0 aliphatic rings. The van der Waals surface area contributed by atoms with Crippen molar-refractivity contribution in [3.05, 3.63) is 34.6 Å². The number of esters is 1. The monoisotopic (exact) mass is 276 g/mol. The Hall–Kier alpha value is -2.35. The first-order valence-electron chi connectivity index (χ1n) is 6.17. The molecule has 4 nitrogen and oxygen atoms in total. The van der Waals surface area contributed by atoms with Gasteiger partial charge in [0, 0.05) is 25.2 Å². The van der Waals surface area contributed by atoms with Gasteiger partial charge in [-0.3, -0.25) is 0 Å². The van der Waals surface area contributed by atoms with Gasteiger partial charge >= 0.3 is 5.97 Å². The van der Waals surface area contributed by atoms with Crippen LogP contribution in [0.1, 0.15) is 25.0 Å². The third kappa shape index (κ3) is 3.35. The van der Waals surface area contributed by atoms with E-state index in [1.807, 2.05) is 6.07 Å². The van der Waals surface area contributed by atoms with Gasteiger partial charge in [0.1, 0.15) is 17.4 Å². The molecule has 1 aromatic carbocycles. The van der Waals surface area contributed by atoms with E-state index in [4.69, 9.17) is 10.00 Å². The van der Waals surface area contributed by atoms with Gasteiger partial charge in [0.2, 0.25) is 0 Å². The van der Waals surface area contributed by atoms with Crippen LogP contribution in [0.4, 0.5) is 10.1 Å². The van der Waals surface area contributed by atoms with E-state index in [0.29, 0.717) is 5.69 Å². The van der Waals surface area contributed by atoms with Crippen LogP contribution in [0.2, 0.25) is 0 Å². The molecule has 106 valence electrons. The van der Waals surface area contributed by atoms with Crippen molar-refractivity contribution in [3.63, 3.8) is 0 Å². The minimum absolute atomic E-state index is 0.0413. The van der Waals surface area contributed by atoms with Gasteiger partial charge in [0.05, 0.1) is 12.3 Å². The van der Waals surface area contributed by atoms with Crippen LogP contribution < -0.4 is 4.90 Å². The summed E-state index contributed by atoms with van der Waals surface area (Å²) in [5.41, 5.74) is 0.932. The fourth-order valence-corrected chi connectivity index (χ4v) is 1.71. The third-order valence-electron chi connectivity index (χ3n) is 2.71. The molecule has 0 N–H and O–H groups in total. The molecule has 0 unspecified atom stereocenters. The average molecular weight is 276 g/mol. The van der Waals surface area contributed by atoms with Crippen LogP contribution in [0, 0.1) is 17.1 Å². The van der Waals surface area contributed by atoms with Crippen molar-refractivity contribution in [2.75, 3.05) is 25.6 Å². The number of nitriles is 1. The first-order valence-corrected chi connectivity index (χ1v) is 6.17. The Kier molecular flexibility index (Phi) is 5.27. The van der Waals surface area contributed by atoms with Crippen molar-refractivity contribution >= 4 is 17.7 Å². The Morgan fingerprint density at radius 3 is 2.65 bits per heavy atom. The highest BCUT2D eigenvalue weighted by atomic mass is 19.1. The lowest BCUT2D eigenvalue weighted by atomic mass is 10.1. The Morgan fingerprint density at radius 2 is 2.15 bits per heavy atom. The quantitative estimate of drug-likeness (QED) is 0.626. The molecule has 20 heavy (non-hydrogen) atoms. The highest BCUT2D eigenvalue weighted by Gasteiger charge is 2.14. The van der Waals surface area contributed by atoms with Crippen LogP contribution in [-0.4, -0.2) is 26.7 Å². The minimum atomic E-state index is -0.637. The summed E-state index contributed by atoms with van der Waals surface area (Å²) in [6.45, 7) is 3.50. The zero-order valence-corrected chi connectivity index (χ0v) is 12.0. The molecule has 0 bridgehead atoms. The second-order valence-electron chi connectivity index (χ2n) is 4.42. The Bertz CT molecular complexity index is 586. The molecule has 5 heteroatoms. The molecule has 0 atom stereocenters. The molecule has 0 saturated heterocycles. The van der Waals surface area contributed by atoms with Crippen LogP contribution in [0.5, 0.6) is 0 Å². The van der Waals surface area contributed by atoms with Gasteiger partial charge in [0.15, 0.2) is 0 Å². The van der Waals surface area contributed by atoms with Gasteiger partial charge in [-0.1, -0.05) is 0 Å². The first-order chi connectivity index (χ1) is 9.42. The van der Waals surface area contributed by atoms with E-state index in [1.54, 1.807) is 38.9 Å². The first kappa shape index (κ1) is 15.7. The molecule has 0 fully saturated rings. The predicted octanol–water partition coefficient (Wildman–Crippen LogP) is 2.73. The number of ether oxygens (including phenoxy) is 1. The van der Waals surface area contributed by atoms with Crippen molar-refractivity contribution in [1.82, 2.24) is 0 Å². The predicted molar refractivity (Wildman–Crippen MR) is 75.7 cm³/mol. The molecule has 1 aromatic rings. The molecule has 0 spiro atoms. The van der Waals surface area contributed by atoms with Crippen molar-refractivity contribution in [1.29, 1.82) is 5.26 Å². The summed E-state index contributed by atoms with van der Waals surface area (Å²) in [4.78, 5) is 13.2. The average Bonchev–Trinajstić information content (AvgIpc) is 2.40. The number of hydrogen-bond donors (Lipinski definition) is 0. The summed E-state index contributed by atoms with van der Waals surface area (Å²) in [5.74, 6) is -1.13. The molecule has 0 saturated carbocycles. The lowest BCUT2D eigenvalue weighted by molar-refractivity contribution is -0.138. The fourth-order valence-electron chi connectivity index (χ4n) is 1.71. The minimum Gasteiger partial charge on any atom is -0.463 e. The van der Waals surface area contributed by atoms with Crippen molar-refractivity contribution in [2.24, 2.45) is 0 Å². The summed E-state index contributed by atoms with van der Waals surface area (Å²) >= 11 is 0. The molecule has 0 heterocycles. The molecular weight excluding hydrogens is 259 g/mol. The zero-order chi connectivity index (χ0) is 15.3. The summed E-state index contributed by atoms with van der Waals surface area (Å²) in [6.07, 6.45) is 1.38. The summed E-state index contributed by atoms with van der Waals surface area (Å²) in [5, 5.41) is 9.07. The molecule has 0 aromatic heterocycles. The molecule has 1 rings (SSSR count). The molecule has 0 amide bonds. The lowest BCUT2D eigenvalue weighted by Crippen LogP contribution is -2.12. The summed E-state index contributed by atoms with van der Waals surface area (Å²) < 4.78 is 19.1. The van der Waals surface area contributed by atoms with Crippen LogP contribution in [-0.2, 0) is 9.53 Å². The van der Waals surface area contributed by atoms with Gasteiger partial charge in [-0.05, 0) is 32.1 Å². The second-order valence-corrected chi connectivity index (χ2v) is 4.42. The van der Waals surface area contributed by atoms with Crippen LogP contribution in [0.15, 0.2) is 17.7 Å². The van der Waals surface area contributed by atoms with Gasteiger partial charge < -0.3 is 9.64 Å². The van der Waals surface area contributed by atoms with E-state index in [-0.39, 0.29) is 23.3 Å². The van der Waals surface area contributed by atoms with Gasteiger partial charge in [0.25, 0.3) is 0 Å². The molecule has 0 aliphatic heterocycles. The third-order valence-corrected chi connectivity index (χ3v) is 2.71. The maximum Gasteiger partial charge on any atom is 0.333 e. The lowest BCUT2D eigenvalue weighted by Gasteiger charge is -2.15. The van der Waals surface area contributed by atoms with Crippen LogP contribution in [0.25, 0.3) is 6.08 Å². The number of hydrogen-bond acceptors (Lipinski definition) is 4. The number of benzene rings is 1. The number of anilines is 1. The smallest absolute Gasteiger partial charge is 0.333 e. The van der Waals surface area contributed by atoms with Crippen LogP contribution >= 0.6 is 0 Å². The highest BCUT2D eigenvalue weighted by Crippen LogP contribution is 2.25. The molecular formula is C15H17FN2O2. The van der Waals surface area contributed by atoms with E-state index in [9.17, 15) is 9.18 Å². The second kappa shape index (κ2) is 6.71. The maximum atomic E-state index is 14.3. The number of carbonyl (C=O) groups is 1. The van der Waals surface area contributed by atoms with Crippen molar-refractivity contribution in [2.45, 2.75) is 13.8 Å². The standard InChI is InChI=1S/C15H17FN2O2/c1-5-20-15(19)10(2)8-11-6-7-13(18(3)4)12(9-17)14(11)16/h6-8H,5H2,1-4H3. The summed E-state index contributed by atoms with van der Waals surface area (Å²) in [6, 6.07) is 5.03. The van der Waals surface area contributed by atoms with Crippen LogP contribution in [0.3, 0.4) is 0 Å². The van der Waals surface area contributed by atoms with Crippen molar-refractivity contribution in [3.8, 4) is 6.07 Å². The number of rotatable bonds is 4. The van der Waals surface area contributed by atoms with Gasteiger partial charge in [-0.25, -0.2) is 9.18 Å². The van der Waals surface area contributed by atoms with E-state index in [0.717, 1.165) is 0 Å². The largest absolute Gasteiger partial charge is 0.463 e. The summed E-state index contributed by atoms with van der Waals surface area (Å²) in [7, 11) is 3.46. The number of nitrogens with zero attached hydrogens (tertiary/aromatic N) is 2. The van der Waals surface area contributed by atoms with Crippen molar-refractivity contribution < 1.29 is 13.9 Å². The van der Waals surface area contributed by atoms with E-state index < -0.39 is 11.8 Å². The normalized spacial score (nSPS) is 10.9. The SMILES string of the molecule is CCOC(=O)C(C)=Cc1ccc(N(C)C)c(C#N)c1F. The van der Waals surface area contributed by atoms with Gasteiger partial charge in [-0.15, -0.1) is 0 Å². The Balaban J connectivity index is 3.26. The molecule has 0 aliphatic carbocycles.